The molecule has 1 nitrogen and oxygen atoms in total. The van der Waals surface area contributed by atoms with Crippen molar-refractivity contribution < 1.29 is 5.11 Å². The Labute approximate surface area is 170 Å². The number of aliphatic hydroxyl groups is 1. The third-order valence-corrected chi connectivity index (χ3v) is 17.1. The van der Waals surface area contributed by atoms with Gasteiger partial charge >= 0.3 is 170 Å². The summed E-state index contributed by atoms with van der Waals surface area (Å²) < 4.78 is 0. The van der Waals surface area contributed by atoms with Crippen molar-refractivity contribution in [3.63, 3.8) is 0 Å². The summed E-state index contributed by atoms with van der Waals surface area (Å²) >= 11 is 4.49. The van der Waals surface area contributed by atoms with Crippen LogP contribution in [0, 0.1) is 0 Å². The first kappa shape index (κ1) is 18.9. The molecule has 0 saturated heterocycles. The quantitative estimate of drug-likeness (QED) is 0.557. The molecule has 2 unspecified atom stereocenters. The van der Waals surface area contributed by atoms with E-state index in [2.05, 4.69) is 106 Å². The average Bonchev–Trinajstić information content (AvgIpc) is 2.75. The molecule has 27 heavy (non-hydrogen) atoms. The number of hydrogen-bond donors (Lipinski definition) is 1. The van der Waals surface area contributed by atoms with E-state index in [4.69, 9.17) is 0 Å². The monoisotopic (exact) mass is 440 g/mol. The maximum atomic E-state index is 11.3. The fourth-order valence-electron chi connectivity index (χ4n) is 4.84. The Bertz CT molecular complexity index is 783. The van der Waals surface area contributed by atoms with Gasteiger partial charge in [-0.3, -0.25) is 0 Å². The minimum absolute atomic E-state index is 0.164. The van der Waals surface area contributed by atoms with E-state index in [0.29, 0.717) is 0 Å². The summed E-state index contributed by atoms with van der Waals surface area (Å²) in [5.74, 6) is 0. The fourth-order valence-corrected chi connectivity index (χ4v) is 14.2. The van der Waals surface area contributed by atoms with Crippen LogP contribution >= 0.6 is 20.8 Å². The van der Waals surface area contributed by atoms with Crippen LogP contribution in [-0.4, -0.2) is 16.9 Å². The number of halogens is 1. The normalized spacial score (nSPS) is 21.9. The van der Waals surface area contributed by atoms with Gasteiger partial charge in [0.15, 0.2) is 0 Å². The van der Waals surface area contributed by atoms with Gasteiger partial charge in [0, 0.05) is 0 Å². The Balaban J connectivity index is 2.13. The average molecular weight is 441 g/mol. The van der Waals surface area contributed by atoms with Gasteiger partial charge in [-0.25, -0.2) is 0 Å². The van der Waals surface area contributed by atoms with Crippen LogP contribution in [0.15, 0.2) is 91.0 Å². The molecule has 0 spiro atoms. The zero-order chi connectivity index (χ0) is 18.8. The van der Waals surface area contributed by atoms with E-state index in [1.165, 1.54) is 15.9 Å². The van der Waals surface area contributed by atoms with Crippen LogP contribution in [0.3, 0.4) is 0 Å². The first-order valence-electron chi connectivity index (χ1n) is 9.74. The minimum atomic E-state index is -3.04. The Kier molecular flexibility index (Phi) is 5.25. The van der Waals surface area contributed by atoms with Gasteiger partial charge in [-0.05, 0) is 0 Å². The molecule has 3 heteroatoms. The number of rotatable bonds is 4. The van der Waals surface area contributed by atoms with Crippen molar-refractivity contribution in [3.8, 4) is 0 Å². The van der Waals surface area contributed by atoms with Crippen molar-refractivity contribution in [2.24, 2.45) is 0 Å². The second kappa shape index (κ2) is 7.51. The third-order valence-electron chi connectivity index (χ3n) is 6.10. The van der Waals surface area contributed by atoms with Gasteiger partial charge in [0.2, 0.25) is 0 Å². The number of aliphatic hydroxyl groups excluding tert-OH is 1. The molecule has 0 bridgehead atoms. The summed E-state index contributed by atoms with van der Waals surface area (Å²) in [6.07, 6.45) is 3.87. The first-order valence-corrected chi connectivity index (χ1v) is 14.1. The van der Waals surface area contributed by atoms with Crippen molar-refractivity contribution in [2.75, 3.05) is 0 Å². The van der Waals surface area contributed by atoms with Crippen LogP contribution in [0.1, 0.15) is 25.7 Å². The molecule has 0 aliphatic heterocycles. The summed E-state index contributed by atoms with van der Waals surface area (Å²) in [6, 6.07) is 32.4. The molecule has 0 heterocycles. The van der Waals surface area contributed by atoms with Crippen molar-refractivity contribution in [2.45, 2.75) is 37.4 Å². The van der Waals surface area contributed by atoms with Gasteiger partial charge in [0.1, 0.15) is 0 Å². The summed E-state index contributed by atoms with van der Waals surface area (Å²) in [4.78, 5) is 0. The van der Waals surface area contributed by atoms with E-state index in [-0.39, 0.29) is 11.8 Å². The Morgan fingerprint density at radius 3 is 1.37 bits per heavy atom. The molecule has 3 aromatic carbocycles. The topological polar surface area (TPSA) is 20.2 Å². The van der Waals surface area contributed by atoms with Crippen molar-refractivity contribution in [1.29, 1.82) is 0 Å². The van der Waals surface area contributed by atoms with Crippen LogP contribution in [0.2, 0.25) is 0 Å². The zero-order valence-electron chi connectivity index (χ0n) is 15.4. The third kappa shape index (κ3) is 2.90. The zero-order valence-corrected chi connectivity index (χ0v) is 17.9. The van der Waals surface area contributed by atoms with Gasteiger partial charge in [-0.2, -0.15) is 0 Å². The maximum absolute atomic E-state index is 11.3. The molecule has 140 valence electrons. The second-order valence-corrected chi connectivity index (χ2v) is 16.3. The Morgan fingerprint density at radius 2 is 1.00 bits per heavy atom. The van der Waals surface area contributed by atoms with Crippen LogP contribution in [-0.2, 0) is 0 Å². The molecule has 1 N–H and O–H groups in total. The first-order chi connectivity index (χ1) is 13.2. The predicted molar refractivity (Wildman–Crippen MR) is 122 cm³/mol. The van der Waals surface area contributed by atoms with Crippen LogP contribution in [0.25, 0.3) is 0 Å². The predicted octanol–water partition coefficient (Wildman–Crippen LogP) is 5.13. The Hall–Kier alpha value is -1.47. The standard InChI is InChI=1S/C24H26BrOP/c25-27(20-12-4-1-5-13-20,21-14-6-2-7-15-21,22-16-8-3-9-17-22)24-19-11-10-18-23(24)26/h1-9,12-17,23-24,26H,10-11,18-19H2. The molecule has 1 saturated carbocycles. The summed E-state index contributed by atoms with van der Waals surface area (Å²) in [5, 5.41) is 12.1. The molecular weight excluding hydrogens is 415 g/mol. The molecule has 3 aromatic rings. The molecule has 0 amide bonds. The summed E-state index contributed by atoms with van der Waals surface area (Å²) in [6.45, 7) is 0. The van der Waals surface area contributed by atoms with E-state index in [1.807, 2.05) is 0 Å². The summed E-state index contributed by atoms with van der Waals surface area (Å²) in [5.41, 5.74) is 0.164. The molecule has 1 aliphatic carbocycles. The van der Waals surface area contributed by atoms with Crippen LogP contribution in [0.5, 0.6) is 0 Å². The second-order valence-electron chi connectivity index (χ2n) is 7.50. The van der Waals surface area contributed by atoms with Gasteiger partial charge in [0.25, 0.3) is 0 Å². The summed E-state index contributed by atoms with van der Waals surface area (Å²) in [7, 11) is 0. The molecule has 0 radical (unpaired) electrons. The van der Waals surface area contributed by atoms with Gasteiger partial charge in [-0.15, -0.1) is 0 Å². The molecule has 0 aromatic heterocycles. The SMILES string of the molecule is OC1CCCCC1P(Br)(c1ccccc1)(c1ccccc1)c1ccccc1. The van der Waals surface area contributed by atoms with Crippen LogP contribution < -0.4 is 15.9 Å². The van der Waals surface area contributed by atoms with Crippen LogP contribution in [0.4, 0.5) is 0 Å². The van der Waals surface area contributed by atoms with Gasteiger partial charge in [-0.1, -0.05) is 0 Å². The Morgan fingerprint density at radius 1 is 0.630 bits per heavy atom. The molecular formula is C24H26BrOP. The number of hydrogen-bond acceptors (Lipinski definition) is 1. The van der Waals surface area contributed by atoms with E-state index < -0.39 is 5.31 Å². The van der Waals surface area contributed by atoms with E-state index in [0.717, 1.165) is 25.7 Å². The molecule has 4 rings (SSSR count). The van der Waals surface area contributed by atoms with Crippen molar-refractivity contribution in [1.82, 2.24) is 0 Å². The van der Waals surface area contributed by atoms with E-state index in [9.17, 15) is 5.11 Å². The molecule has 2 atom stereocenters. The van der Waals surface area contributed by atoms with Crippen molar-refractivity contribution in [3.05, 3.63) is 91.0 Å². The fraction of sp³-hybridized carbons (Fsp3) is 0.250. The van der Waals surface area contributed by atoms with Gasteiger partial charge in [0.05, 0.1) is 0 Å². The molecule has 1 aliphatic rings. The van der Waals surface area contributed by atoms with E-state index in [1.54, 1.807) is 0 Å². The van der Waals surface area contributed by atoms with Crippen molar-refractivity contribution >= 4 is 36.7 Å². The molecule has 1 fully saturated rings. The van der Waals surface area contributed by atoms with Gasteiger partial charge < -0.3 is 0 Å². The van der Waals surface area contributed by atoms with E-state index >= 15 is 0 Å². The number of benzene rings is 3.